The minimum Gasteiger partial charge on any atom is -0.485 e. The van der Waals surface area contributed by atoms with Crippen LogP contribution >= 0.6 is 15.9 Å². The van der Waals surface area contributed by atoms with E-state index < -0.39 is 0 Å². The Bertz CT molecular complexity index is 674. The lowest BCUT2D eigenvalue weighted by atomic mass is 10.1. The van der Waals surface area contributed by atoms with E-state index in [1.54, 1.807) is 0 Å². The van der Waals surface area contributed by atoms with Crippen molar-refractivity contribution >= 4 is 21.7 Å². The lowest BCUT2D eigenvalue weighted by Crippen LogP contribution is -2.13. The first-order valence-corrected chi connectivity index (χ1v) is 7.82. The number of Topliss-reactive ketones (excluding diaryl/α,β-unsaturated/α-hetero) is 1. The summed E-state index contributed by atoms with van der Waals surface area (Å²) < 4.78 is 8.76. The van der Waals surface area contributed by atoms with Gasteiger partial charge >= 0.3 is 0 Å². The largest absolute Gasteiger partial charge is 0.485 e. The summed E-state index contributed by atoms with van der Waals surface area (Å²) in [6.07, 6.45) is 0. The van der Waals surface area contributed by atoms with Gasteiger partial charge < -0.3 is 9.30 Å². The number of aromatic nitrogens is 1. The van der Waals surface area contributed by atoms with Crippen molar-refractivity contribution in [2.24, 2.45) is 0 Å². The summed E-state index contributed by atoms with van der Waals surface area (Å²) in [4.78, 5) is 12.4. The summed E-state index contributed by atoms with van der Waals surface area (Å²) in [5.74, 6) is 0.754. The fraction of sp³-hybridized carbons (Fsp3) is 0.353. The van der Waals surface area contributed by atoms with Crippen molar-refractivity contribution in [3.8, 4) is 5.75 Å². The molecular weight excluding hydrogens is 330 g/mol. The van der Waals surface area contributed by atoms with Crippen LogP contribution in [-0.4, -0.2) is 17.0 Å². The molecule has 0 fully saturated rings. The molecular formula is C17H20BrNO2. The zero-order valence-electron chi connectivity index (χ0n) is 12.9. The quantitative estimate of drug-likeness (QED) is 0.746. The number of nitrogens with zero attached hydrogens (tertiary/aromatic N) is 1. The van der Waals surface area contributed by atoms with Gasteiger partial charge in [0.2, 0.25) is 5.78 Å². The van der Waals surface area contributed by atoms with Crippen LogP contribution < -0.4 is 4.74 Å². The first-order valence-electron chi connectivity index (χ1n) is 7.03. The number of carbonyl (C=O) groups excluding carboxylic acids is 1. The fourth-order valence-corrected chi connectivity index (χ4v) is 2.86. The predicted octanol–water partition coefficient (Wildman–Crippen LogP) is 4.46. The molecule has 112 valence electrons. The number of benzene rings is 1. The Hall–Kier alpha value is -1.55. The smallest absolute Gasteiger partial charge is 0.202 e. The molecule has 0 saturated carbocycles. The summed E-state index contributed by atoms with van der Waals surface area (Å²) in [6.45, 7) is 8.98. The first kappa shape index (κ1) is 15.8. The molecule has 4 heteroatoms. The van der Waals surface area contributed by atoms with Crippen LogP contribution in [0, 0.1) is 20.8 Å². The molecule has 1 heterocycles. The topological polar surface area (TPSA) is 31.2 Å². The number of rotatable bonds is 5. The second-order valence-corrected chi connectivity index (χ2v) is 6.07. The highest BCUT2D eigenvalue weighted by Crippen LogP contribution is 2.23. The normalized spacial score (nSPS) is 10.7. The van der Waals surface area contributed by atoms with E-state index >= 15 is 0 Å². The van der Waals surface area contributed by atoms with E-state index in [1.807, 2.05) is 45.0 Å². The number of halogens is 1. The maximum atomic E-state index is 12.4. The third kappa shape index (κ3) is 3.38. The van der Waals surface area contributed by atoms with E-state index in [-0.39, 0.29) is 12.4 Å². The van der Waals surface area contributed by atoms with Crippen LogP contribution in [0.15, 0.2) is 28.7 Å². The third-order valence-electron chi connectivity index (χ3n) is 3.70. The Balaban J connectivity index is 2.14. The maximum Gasteiger partial charge on any atom is 0.202 e. The monoisotopic (exact) mass is 349 g/mol. The number of carbonyl (C=O) groups is 1. The molecule has 2 aromatic rings. The SMILES string of the molecule is CCn1c(C)cc(C(=O)COc2cc(Br)ccc2C)c1C. The summed E-state index contributed by atoms with van der Waals surface area (Å²) >= 11 is 3.41. The van der Waals surface area contributed by atoms with Gasteiger partial charge in [-0.05, 0) is 51.5 Å². The average molecular weight is 350 g/mol. The average Bonchev–Trinajstić information content (AvgIpc) is 2.74. The molecule has 0 aliphatic carbocycles. The molecule has 0 aliphatic heterocycles. The predicted molar refractivity (Wildman–Crippen MR) is 88.3 cm³/mol. The van der Waals surface area contributed by atoms with Gasteiger partial charge in [-0.2, -0.15) is 0 Å². The molecule has 0 spiro atoms. The molecule has 0 amide bonds. The molecule has 0 aliphatic rings. The van der Waals surface area contributed by atoms with Crippen LogP contribution in [0.1, 0.15) is 34.2 Å². The van der Waals surface area contributed by atoms with E-state index in [0.29, 0.717) is 0 Å². The Morgan fingerprint density at radius 2 is 1.95 bits per heavy atom. The van der Waals surface area contributed by atoms with E-state index in [0.717, 1.165) is 39.3 Å². The molecule has 0 unspecified atom stereocenters. The number of ketones is 1. The zero-order chi connectivity index (χ0) is 15.6. The summed E-state index contributed by atoms with van der Waals surface area (Å²) in [6, 6.07) is 7.75. The highest BCUT2D eigenvalue weighted by molar-refractivity contribution is 9.10. The standard InChI is InChI=1S/C17H20BrNO2/c1-5-19-12(3)8-15(13(19)4)16(20)10-21-17-9-14(18)7-6-11(17)2/h6-9H,5,10H2,1-4H3. The Morgan fingerprint density at radius 3 is 2.57 bits per heavy atom. The van der Waals surface area contributed by atoms with Gasteiger partial charge in [0.15, 0.2) is 6.61 Å². The van der Waals surface area contributed by atoms with Gasteiger partial charge in [-0.1, -0.05) is 22.0 Å². The van der Waals surface area contributed by atoms with Gasteiger partial charge in [0.25, 0.3) is 0 Å². The van der Waals surface area contributed by atoms with Crippen LogP contribution in [0.2, 0.25) is 0 Å². The van der Waals surface area contributed by atoms with Crippen molar-refractivity contribution in [1.82, 2.24) is 4.57 Å². The highest BCUT2D eigenvalue weighted by atomic mass is 79.9. The number of hydrogen-bond acceptors (Lipinski definition) is 2. The lowest BCUT2D eigenvalue weighted by Gasteiger charge is -2.09. The molecule has 3 nitrogen and oxygen atoms in total. The molecule has 0 saturated heterocycles. The van der Waals surface area contributed by atoms with Crippen molar-refractivity contribution in [3.63, 3.8) is 0 Å². The lowest BCUT2D eigenvalue weighted by molar-refractivity contribution is 0.0920. The van der Waals surface area contributed by atoms with E-state index in [1.165, 1.54) is 0 Å². The van der Waals surface area contributed by atoms with Crippen molar-refractivity contribution in [1.29, 1.82) is 0 Å². The summed E-state index contributed by atoms with van der Waals surface area (Å²) in [5.41, 5.74) is 3.89. The molecule has 1 aromatic heterocycles. The van der Waals surface area contributed by atoms with Crippen molar-refractivity contribution in [2.45, 2.75) is 34.2 Å². The van der Waals surface area contributed by atoms with Gasteiger partial charge in [0.05, 0.1) is 0 Å². The van der Waals surface area contributed by atoms with Crippen molar-refractivity contribution < 1.29 is 9.53 Å². The Kier molecular flexibility index (Phi) is 4.88. The van der Waals surface area contributed by atoms with E-state index in [4.69, 9.17) is 4.74 Å². The molecule has 0 bridgehead atoms. The fourth-order valence-electron chi connectivity index (χ4n) is 2.52. The summed E-state index contributed by atoms with van der Waals surface area (Å²) in [7, 11) is 0. The van der Waals surface area contributed by atoms with Gasteiger partial charge in [-0.15, -0.1) is 0 Å². The van der Waals surface area contributed by atoms with Gasteiger partial charge in [-0.25, -0.2) is 0 Å². The molecule has 21 heavy (non-hydrogen) atoms. The Morgan fingerprint density at radius 1 is 1.24 bits per heavy atom. The third-order valence-corrected chi connectivity index (χ3v) is 4.19. The molecule has 0 radical (unpaired) electrons. The molecule has 0 N–H and O–H groups in total. The summed E-state index contributed by atoms with van der Waals surface area (Å²) in [5, 5.41) is 0. The Labute approximate surface area is 134 Å². The maximum absolute atomic E-state index is 12.4. The molecule has 0 atom stereocenters. The number of aryl methyl sites for hydroxylation is 2. The molecule has 1 aromatic carbocycles. The van der Waals surface area contributed by atoms with E-state index in [9.17, 15) is 4.79 Å². The number of ether oxygens (including phenoxy) is 1. The van der Waals surface area contributed by atoms with Crippen LogP contribution in [0.5, 0.6) is 5.75 Å². The van der Waals surface area contributed by atoms with Crippen LogP contribution in [0.4, 0.5) is 0 Å². The minimum atomic E-state index is 0.0159. The van der Waals surface area contributed by atoms with Crippen LogP contribution in [-0.2, 0) is 6.54 Å². The zero-order valence-corrected chi connectivity index (χ0v) is 14.5. The van der Waals surface area contributed by atoms with Gasteiger partial charge in [0, 0.05) is 28.0 Å². The van der Waals surface area contributed by atoms with Gasteiger partial charge in [0.1, 0.15) is 5.75 Å². The molecule has 2 rings (SSSR count). The van der Waals surface area contributed by atoms with Crippen LogP contribution in [0.3, 0.4) is 0 Å². The number of hydrogen-bond donors (Lipinski definition) is 0. The van der Waals surface area contributed by atoms with E-state index in [2.05, 4.69) is 27.4 Å². The second kappa shape index (κ2) is 6.48. The van der Waals surface area contributed by atoms with Crippen LogP contribution in [0.25, 0.3) is 0 Å². The minimum absolute atomic E-state index is 0.0159. The van der Waals surface area contributed by atoms with Crippen molar-refractivity contribution in [3.05, 3.63) is 51.3 Å². The van der Waals surface area contributed by atoms with Crippen molar-refractivity contribution in [2.75, 3.05) is 6.61 Å². The van der Waals surface area contributed by atoms with Gasteiger partial charge in [-0.3, -0.25) is 4.79 Å². The second-order valence-electron chi connectivity index (χ2n) is 5.15. The highest BCUT2D eigenvalue weighted by Gasteiger charge is 2.15. The first-order chi connectivity index (χ1) is 9.93.